The molecule has 242 valence electrons. The Hall–Kier alpha value is -3.94. The van der Waals surface area contributed by atoms with Crippen LogP contribution in [0.5, 0.6) is 0 Å². The van der Waals surface area contributed by atoms with Gasteiger partial charge >= 0.3 is 12.3 Å². The average molecular weight is 694 g/mol. The number of rotatable bonds is 9. The van der Waals surface area contributed by atoms with Gasteiger partial charge < -0.3 is 25.7 Å². The van der Waals surface area contributed by atoms with Crippen molar-refractivity contribution >= 4 is 39.5 Å². The molecular formula is C31H36BrF3N6O4. The average Bonchev–Trinajstić information content (AvgIpc) is 3.48. The minimum atomic E-state index is -4.65. The monoisotopic (exact) mass is 692 g/mol. The molecule has 1 unspecified atom stereocenters. The molecule has 1 saturated carbocycles. The van der Waals surface area contributed by atoms with E-state index in [1.165, 1.54) is 24.3 Å². The second-order valence-corrected chi connectivity index (χ2v) is 13.0. The van der Waals surface area contributed by atoms with Gasteiger partial charge in [-0.05, 0) is 94.3 Å². The maximum atomic E-state index is 13.4. The van der Waals surface area contributed by atoms with Gasteiger partial charge in [-0.3, -0.25) is 9.59 Å². The summed E-state index contributed by atoms with van der Waals surface area (Å²) < 4.78 is 44.8. The van der Waals surface area contributed by atoms with Crippen LogP contribution in [0.1, 0.15) is 57.8 Å². The van der Waals surface area contributed by atoms with E-state index in [4.69, 9.17) is 4.74 Å². The van der Waals surface area contributed by atoms with Gasteiger partial charge in [-0.2, -0.15) is 13.2 Å². The van der Waals surface area contributed by atoms with Gasteiger partial charge in [-0.1, -0.05) is 28.1 Å². The number of benzene rings is 2. The zero-order valence-electron chi connectivity index (χ0n) is 25.1. The van der Waals surface area contributed by atoms with Crippen LogP contribution in [0.2, 0.25) is 0 Å². The zero-order valence-corrected chi connectivity index (χ0v) is 26.7. The van der Waals surface area contributed by atoms with Crippen molar-refractivity contribution in [2.75, 3.05) is 11.9 Å². The van der Waals surface area contributed by atoms with Crippen LogP contribution < -0.4 is 16.0 Å². The van der Waals surface area contributed by atoms with E-state index >= 15 is 0 Å². The van der Waals surface area contributed by atoms with Gasteiger partial charge in [-0.25, -0.2) is 4.79 Å². The number of aromatic amines is 1. The van der Waals surface area contributed by atoms with Crippen molar-refractivity contribution in [3.63, 3.8) is 0 Å². The van der Waals surface area contributed by atoms with Gasteiger partial charge in [0.05, 0.1) is 0 Å². The lowest BCUT2D eigenvalue weighted by molar-refractivity contribution is -0.144. The molecule has 1 atom stereocenters. The topological polar surface area (TPSA) is 138 Å². The first kappa shape index (κ1) is 33.9. The second kappa shape index (κ2) is 14.4. The fourth-order valence-corrected chi connectivity index (χ4v) is 5.25. The Morgan fingerprint density at radius 1 is 0.978 bits per heavy atom. The van der Waals surface area contributed by atoms with Gasteiger partial charge in [0.25, 0.3) is 0 Å². The summed E-state index contributed by atoms with van der Waals surface area (Å²) in [6.07, 6.45) is -2.12. The Bertz CT molecular complexity index is 1460. The second-order valence-electron chi connectivity index (χ2n) is 12.1. The van der Waals surface area contributed by atoms with E-state index in [2.05, 4.69) is 47.1 Å². The molecular weight excluding hydrogens is 657 g/mol. The molecule has 1 aliphatic rings. The number of alkyl halides is 3. The number of hydrogen-bond acceptors (Lipinski definition) is 6. The van der Waals surface area contributed by atoms with Crippen molar-refractivity contribution in [3.05, 3.63) is 64.4 Å². The van der Waals surface area contributed by atoms with Gasteiger partial charge in [0.15, 0.2) is 5.82 Å². The predicted molar refractivity (Wildman–Crippen MR) is 165 cm³/mol. The number of halogens is 4. The Labute approximate surface area is 267 Å². The third-order valence-electron chi connectivity index (χ3n) is 7.32. The van der Waals surface area contributed by atoms with Crippen LogP contribution >= 0.6 is 15.9 Å². The van der Waals surface area contributed by atoms with Crippen LogP contribution in [0.25, 0.3) is 11.4 Å². The molecule has 0 spiro atoms. The van der Waals surface area contributed by atoms with Crippen LogP contribution in [0, 0.1) is 11.8 Å². The minimum absolute atomic E-state index is 0.0593. The van der Waals surface area contributed by atoms with Crippen LogP contribution in [-0.4, -0.2) is 51.3 Å². The number of nitrogens with zero attached hydrogens (tertiary/aromatic N) is 2. The van der Waals surface area contributed by atoms with Gasteiger partial charge in [0.2, 0.25) is 17.6 Å². The standard InChI is InChI=1S/C31H36BrF3N6O4/c1-30(2,3)45-29(44)36-17-19-4-8-21(9-5-19)26(42)38-24(16-18-6-12-22(32)13-7-18)27(43)37-23-14-10-20(11-15-23)25-39-28(41-40-25)31(33,34)35/h6-7,10-15,19,21,24H,4-5,8-9,16-17H2,1-3H3,(H,36,44)(H,37,43)(H,38,42)(H,39,40,41)/t19-,21-,24?. The smallest absolute Gasteiger partial charge is 0.444 e. The molecule has 10 nitrogen and oxygen atoms in total. The molecule has 14 heteroatoms. The normalized spacial score (nSPS) is 17.7. The number of alkyl carbamates (subject to hydrolysis) is 1. The van der Waals surface area contributed by atoms with Crippen molar-refractivity contribution in [1.29, 1.82) is 0 Å². The number of anilines is 1. The maximum Gasteiger partial charge on any atom is 0.451 e. The molecule has 4 N–H and O–H groups in total. The summed E-state index contributed by atoms with van der Waals surface area (Å²) in [5, 5.41) is 15.2. The Balaban J connectivity index is 1.36. The fraction of sp³-hybridized carbons (Fsp3) is 0.452. The Morgan fingerprint density at radius 2 is 1.62 bits per heavy atom. The van der Waals surface area contributed by atoms with E-state index in [0.717, 1.165) is 22.9 Å². The van der Waals surface area contributed by atoms with Crippen molar-refractivity contribution in [1.82, 2.24) is 25.8 Å². The van der Waals surface area contributed by atoms with E-state index in [-0.39, 0.29) is 30.0 Å². The third-order valence-corrected chi connectivity index (χ3v) is 7.85. The molecule has 0 saturated heterocycles. The molecule has 3 aromatic rings. The highest BCUT2D eigenvalue weighted by atomic mass is 79.9. The van der Waals surface area contributed by atoms with Crippen molar-refractivity contribution in [3.8, 4) is 11.4 Å². The minimum Gasteiger partial charge on any atom is -0.444 e. The van der Waals surface area contributed by atoms with E-state index in [9.17, 15) is 27.6 Å². The van der Waals surface area contributed by atoms with Gasteiger partial charge in [0, 0.05) is 34.6 Å². The summed E-state index contributed by atoms with van der Waals surface area (Å²) in [5.74, 6) is -1.96. The SMILES string of the molecule is CC(C)(C)OC(=O)NC[C@H]1CC[C@H](C(=O)NC(Cc2ccc(Br)cc2)C(=O)Nc2ccc(-c3nnc(C(F)(F)F)[nH]3)cc2)CC1. The number of carbonyl (C=O) groups is 3. The Kier molecular flexibility index (Phi) is 10.9. The molecule has 45 heavy (non-hydrogen) atoms. The molecule has 1 fully saturated rings. The van der Waals surface area contributed by atoms with E-state index < -0.39 is 35.6 Å². The van der Waals surface area contributed by atoms with E-state index in [1.807, 2.05) is 24.3 Å². The summed E-state index contributed by atoms with van der Waals surface area (Å²) in [6, 6.07) is 12.6. The third kappa shape index (κ3) is 10.3. The number of carbonyl (C=O) groups excluding carboxylic acids is 3. The van der Waals surface area contributed by atoms with Crippen LogP contribution in [0.4, 0.5) is 23.7 Å². The van der Waals surface area contributed by atoms with E-state index in [1.54, 1.807) is 20.8 Å². The quantitative estimate of drug-likeness (QED) is 0.209. The molecule has 0 bridgehead atoms. The van der Waals surface area contributed by atoms with Crippen LogP contribution in [-0.2, 0) is 26.9 Å². The maximum absolute atomic E-state index is 13.4. The van der Waals surface area contributed by atoms with Crippen LogP contribution in [0.3, 0.4) is 0 Å². The molecule has 1 heterocycles. The highest BCUT2D eigenvalue weighted by Gasteiger charge is 2.35. The largest absolute Gasteiger partial charge is 0.451 e. The van der Waals surface area contributed by atoms with Crippen molar-refractivity contribution in [2.24, 2.45) is 11.8 Å². The molecule has 0 radical (unpaired) electrons. The summed E-state index contributed by atoms with van der Waals surface area (Å²) in [7, 11) is 0. The number of hydrogen-bond donors (Lipinski definition) is 4. The van der Waals surface area contributed by atoms with E-state index in [0.29, 0.717) is 30.6 Å². The molecule has 3 amide bonds. The number of aromatic nitrogens is 3. The predicted octanol–water partition coefficient (Wildman–Crippen LogP) is 6.25. The number of H-pyrrole nitrogens is 1. The summed E-state index contributed by atoms with van der Waals surface area (Å²) >= 11 is 3.40. The van der Waals surface area contributed by atoms with Gasteiger partial charge in [0.1, 0.15) is 11.6 Å². The van der Waals surface area contributed by atoms with Crippen molar-refractivity contribution in [2.45, 2.75) is 70.7 Å². The zero-order chi connectivity index (χ0) is 32.8. The first-order valence-corrected chi connectivity index (χ1v) is 15.4. The molecule has 2 aromatic carbocycles. The van der Waals surface area contributed by atoms with Crippen LogP contribution in [0.15, 0.2) is 53.0 Å². The lowest BCUT2D eigenvalue weighted by atomic mass is 9.81. The molecule has 4 rings (SSSR count). The summed E-state index contributed by atoms with van der Waals surface area (Å²) in [5.41, 5.74) is 1.01. The van der Waals surface area contributed by atoms with Gasteiger partial charge in [-0.15, -0.1) is 10.2 Å². The highest BCUT2D eigenvalue weighted by molar-refractivity contribution is 9.10. The summed E-state index contributed by atoms with van der Waals surface area (Å²) in [6.45, 7) is 5.87. The summed E-state index contributed by atoms with van der Waals surface area (Å²) in [4.78, 5) is 40.9. The first-order valence-electron chi connectivity index (χ1n) is 14.6. The number of nitrogens with one attached hydrogen (secondary N) is 4. The molecule has 0 aliphatic heterocycles. The highest BCUT2D eigenvalue weighted by Crippen LogP contribution is 2.30. The molecule has 1 aliphatic carbocycles. The first-order chi connectivity index (χ1) is 21.2. The van der Waals surface area contributed by atoms with Crippen molar-refractivity contribution < 1.29 is 32.3 Å². The lowest BCUT2D eigenvalue weighted by Crippen LogP contribution is -2.48. The lowest BCUT2D eigenvalue weighted by Gasteiger charge is -2.29. The number of amides is 3. The fourth-order valence-electron chi connectivity index (χ4n) is 4.99. The Morgan fingerprint density at radius 3 is 2.20 bits per heavy atom. The number of ether oxygens (including phenoxy) is 1. The molecule has 1 aromatic heterocycles.